The van der Waals surface area contributed by atoms with E-state index in [2.05, 4.69) is 0 Å². The van der Waals surface area contributed by atoms with Crippen LogP contribution in [0.15, 0.2) is 109 Å². The molecule has 0 N–H and O–H groups in total. The molecule has 4 nitrogen and oxygen atoms in total. The molecule has 0 spiro atoms. The van der Waals surface area contributed by atoms with Gasteiger partial charge in [0.15, 0.2) is 0 Å². The topological polar surface area (TPSA) is 52.6 Å². The Labute approximate surface area is 180 Å². The summed E-state index contributed by atoms with van der Waals surface area (Å²) < 4.78 is 10.7. The van der Waals surface area contributed by atoms with Crippen LogP contribution in [-0.4, -0.2) is 11.9 Å². The van der Waals surface area contributed by atoms with Crippen LogP contribution in [-0.2, 0) is 6.42 Å². The lowest BCUT2D eigenvalue weighted by Crippen LogP contribution is -2.08. The van der Waals surface area contributed by atoms with Gasteiger partial charge in [-0.3, -0.25) is 0 Å². The van der Waals surface area contributed by atoms with Crippen molar-refractivity contribution >= 4 is 11.9 Å². The molecule has 0 saturated carbocycles. The molecule has 0 radical (unpaired) electrons. The third kappa shape index (κ3) is 5.46. The second-order valence-electron chi connectivity index (χ2n) is 6.98. The van der Waals surface area contributed by atoms with Crippen LogP contribution in [0.25, 0.3) is 0 Å². The fraction of sp³-hybridized carbons (Fsp3) is 0.0370. The first-order valence-electron chi connectivity index (χ1n) is 9.90. The van der Waals surface area contributed by atoms with Crippen molar-refractivity contribution in [3.8, 4) is 11.5 Å². The molecular formula is C27H20O4. The van der Waals surface area contributed by atoms with E-state index in [1.54, 1.807) is 48.5 Å². The first-order valence-corrected chi connectivity index (χ1v) is 9.90. The minimum Gasteiger partial charge on any atom is -0.423 e. The highest BCUT2D eigenvalue weighted by molar-refractivity contribution is 5.91. The highest BCUT2D eigenvalue weighted by atomic mass is 16.5. The lowest BCUT2D eigenvalue weighted by molar-refractivity contribution is 0.0725. The maximum atomic E-state index is 12.2. The van der Waals surface area contributed by atoms with Gasteiger partial charge in [0.25, 0.3) is 0 Å². The quantitative estimate of drug-likeness (QED) is 0.303. The van der Waals surface area contributed by atoms with E-state index < -0.39 is 0 Å². The summed E-state index contributed by atoms with van der Waals surface area (Å²) in [5.74, 6) is 0.253. The van der Waals surface area contributed by atoms with Crippen molar-refractivity contribution < 1.29 is 19.1 Å². The van der Waals surface area contributed by atoms with Crippen LogP contribution in [0.3, 0.4) is 0 Å². The first-order chi connectivity index (χ1) is 15.2. The van der Waals surface area contributed by atoms with E-state index >= 15 is 0 Å². The molecule has 4 heteroatoms. The van der Waals surface area contributed by atoms with Gasteiger partial charge in [0.2, 0.25) is 0 Å². The number of ether oxygens (including phenoxy) is 2. The van der Waals surface area contributed by atoms with Gasteiger partial charge in [-0.15, -0.1) is 0 Å². The number of benzene rings is 4. The van der Waals surface area contributed by atoms with Crippen molar-refractivity contribution in [1.82, 2.24) is 0 Å². The van der Waals surface area contributed by atoms with Crippen molar-refractivity contribution in [3.05, 3.63) is 131 Å². The molecule has 4 rings (SSSR count). The molecule has 0 aliphatic carbocycles. The molecule has 0 amide bonds. The summed E-state index contributed by atoms with van der Waals surface area (Å²) in [5, 5.41) is 0. The molecule has 0 bridgehead atoms. The Morgan fingerprint density at radius 1 is 0.484 bits per heavy atom. The van der Waals surface area contributed by atoms with Crippen molar-refractivity contribution in [2.75, 3.05) is 0 Å². The molecule has 0 aliphatic rings. The van der Waals surface area contributed by atoms with Crippen molar-refractivity contribution in [1.29, 1.82) is 0 Å². The fourth-order valence-electron chi connectivity index (χ4n) is 3.06. The number of rotatable bonds is 6. The van der Waals surface area contributed by atoms with Crippen molar-refractivity contribution in [3.63, 3.8) is 0 Å². The summed E-state index contributed by atoms with van der Waals surface area (Å²) >= 11 is 0. The van der Waals surface area contributed by atoms with E-state index in [9.17, 15) is 9.59 Å². The average molecular weight is 408 g/mol. The van der Waals surface area contributed by atoms with Crippen LogP contribution in [0.5, 0.6) is 11.5 Å². The van der Waals surface area contributed by atoms with Crippen LogP contribution >= 0.6 is 0 Å². The van der Waals surface area contributed by atoms with Crippen LogP contribution < -0.4 is 9.47 Å². The maximum Gasteiger partial charge on any atom is 0.343 e. The largest absolute Gasteiger partial charge is 0.423 e. The van der Waals surface area contributed by atoms with E-state index in [1.165, 1.54) is 0 Å². The Kier molecular flexibility index (Phi) is 6.19. The van der Waals surface area contributed by atoms with Crippen LogP contribution in [0.4, 0.5) is 0 Å². The Balaban J connectivity index is 1.36. The maximum absolute atomic E-state index is 12.2. The molecule has 31 heavy (non-hydrogen) atoms. The summed E-state index contributed by atoms with van der Waals surface area (Å²) in [7, 11) is 0. The number of carbonyl (C=O) groups is 2. The Morgan fingerprint density at radius 3 is 1.19 bits per heavy atom. The average Bonchev–Trinajstić information content (AvgIpc) is 2.81. The van der Waals surface area contributed by atoms with Gasteiger partial charge >= 0.3 is 11.9 Å². The Bertz CT molecular complexity index is 1050. The number of hydrogen-bond acceptors (Lipinski definition) is 4. The smallest absolute Gasteiger partial charge is 0.343 e. The summed E-state index contributed by atoms with van der Waals surface area (Å²) in [5.41, 5.74) is 3.09. The Morgan fingerprint density at radius 2 is 0.839 bits per heavy atom. The van der Waals surface area contributed by atoms with Crippen LogP contribution in [0, 0.1) is 0 Å². The zero-order valence-electron chi connectivity index (χ0n) is 16.7. The van der Waals surface area contributed by atoms with E-state index in [4.69, 9.17) is 9.47 Å². The summed E-state index contributed by atoms with van der Waals surface area (Å²) in [6.07, 6.45) is 0.683. The second-order valence-corrected chi connectivity index (χ2v) is 6.98. The fourth-order valence-corrected chi connectivity index (χ4v) is 3.06. The number of esters is 2. The molecule has 152 valence electrons. The lowest BCUT2D eigenvalue weighted by atomic mass is 10.0. The molecule has 0 fully saturated rings. The molecule has 0 atom stereocenters. The third-order valence-corrected chi connectivity index (χ3v) is 4.70. The van der Waals surface area contributed by atoms with Gasteiger partial charge in [-0.1, -0.05) is 60.7 Å². The van der Waals surface area contributed by atoms with Crippen molar-refractivity contribution in [2.24, 2.45) is 0 Å². The van der Waals surface area contributed by atoms with Gasteiger partial charge in [-0.2, -0.15) is 0 Å². The number of carbonyl (C=O) groups excluding carboxylic acids is 2. The predicted octanol–water partition coefficient (Wildman–Crippen LogP) is 5.72. The normalized spacial score (nSPS) is 10.3. The summed E-state index contributed by atoms with van der Waals surface area (Å²) in [6.45, 7) is 0. The molecule has 0 saturated heterocycles. The second kappa shape index (κ2) is 9.55. The first kappa shape index (κ1) is 20.1. The van der Waals surface area contributed by atoms with Gasteiger partial charge in [0.05, 0.1) is 11.1 Å². The van der Waals surface area contributed by atoms with E-state index in [-0.39, 0.29) is 11.9 Å². The standard InChI is InChI=1S/C27H20O4/c28-26(30-24-7-3-1-4-8-24)22-15-11-20(12-16-22)19-21-13-17-23(18-14-21)27(29)31-25-9-5-2-6-10-25/h1-18H,19H2. The van der Waals surface area contributed by atoms with Crippen LogP contribution in [0.2, 0.25) is 0 Å². The van der Waals surface area contributed by atoms with Gasteiger partial charge in [0, 0.05) is 0 Å². The monoisotopic (exact) mass is 408 g/mol. The zero-order valence-corrected chi connectivity index (χ0v) is 16.7. The van der Waals surface area contributed by atoms with Gasteiger partial charge < -0.3 is 9.47 Å². The SMILES string of the molecule is O=C(Oc1ccccc1)c1ccc(Cc2ccc(C(=O)Oc3ccccc3)cc2)cc1. The molecule has 0 unspecified atom stereocenters. The number of para-hydroxylation sites is 2. The summed E-state index contributed by atoms with van der Waals surface area (Å²) in [4.78, 5) is 24.5. The molecule has 0 aromatic heterocycles. The number of hydrogen-bond donors (Lipinski definition) is 0. The van der Waals surface area contributed by atoms with E-state index in [0.717, 1.165) is 11.1 Å². The van der Waals surface area contributed by atoms with Gasteiger partial charge in [0.1, 0.15) is 11.5 Å². The van der Waals surface area contributed by atoms with Crippen molar-refractivity contribution in [2.45, 2.75) is 6.42 Å². The minimum absolute atomic E-state index is 0.390. The van der Waals surface area contributed by atoms with Crippen LogP contribution in [0.1, 0.15) is 31.8 Å². The molecule has 0 heterocycles. The molecule has 4 aromatic carbocycles. The highest BCUT2D eigenvalue weighted by Crippen LogP contribution is 2.16. The van der Waals surface area contributed by atoms with Gasteiger partial charge in [-0.25, -0.2) is 9.59 Å². The summed E-state index contributed by atoms with van der Waals surface area (Å²) in [6, 6.07) is 32.6. The lowest BCUT2D eigenvalue weighted by Gasteiger charge is -2.07. The molecule has 4 aromatic rings. The van der Waals surface area contributed by atoms with Gasteiger partial charge in [-0.05, 0) is 66.1 Å². The van der Waals surface area contributed by atoms with E-state index in [0.29, 0.717) is 29.0 Å². The molecular weight excluding hydrogens is 388 g/mol. The predicted molar refractivity (Wildman–Crippen MR) is 118 cm³/mol. The van der Waals surface area contributed by atoms with E-state index in [1.807, 2.05) is 60.7 Å². The molecule has 0 aliphatic heterocycles. The Hall–Kier alpha value is -4.18. The highest BCUT2D eigenvalue weighted by Gasteiger charge is 2.10. The third-order valence-electron chi connectivity index (χ3n) is 4.70. The zero-order chi connectivity index (χ0) is 21.5. The minimum atomic E-state index is -0.390.